The zero-order valence-electron chi connectivity index (χ0n) is 14.9. The van der Waals surface area contributed by atoms with Crippen LogP contribution in [0.1, 0.15) is 24.0 Å². The number of non-ortho nitro benzene ring substituents is 1. The van der Waals surface area contributed by atoms with E-state index in [1.54, 1.807) is 6.07 Å². The Morgan fingerprint density at radius 1 is 1.16 bits per heavy atom. The number of nitro benzene ring substituents is 1. The second kappa shape index (κ2) is 7.38. The number of piperazine rings is 1. The van der Waals surface area contributed by atoms with Crippen molar-refractivity contribution in [2.75, 3.05) is 51.2 Å². The molecular formula is C18H25N5O2. The maximum absolute atomic E-state index is 11.0. The van der Waals surface area contributed by atoms with Crippen LogP contribution in [-0.2, 0) is 0 Å². The van der Waals surface area contributed by atoms with Crippen LogP contribution in [0.4, 0.5) is 11.4 Å². The standard InChI is InChI=1S/C18H25N5O2/c1-14-11-17(23(24)25)12-15(13-19)18(14)22-9-7-21(8-10-22)16-3-5-20(2)6-4-16/h11-12,16H,3-10H2,1-2H3. The third-order valence-corrected chi connectivity index (χ3v) is 5.45. The fourth-order valence-corrected chi connectivity index (χ4v) is 4.04. The minimum absolute atomic E-state index is 0.0113. The molecule has 7 nitrogen and oxygen atoms in total. The summed E-state index contributed by atoms with van der Waals surface area (Å²) in [5, 5.41) is 20.5. The highest BCUT2D eigenvalue weighted by atomic mass is 16.6. The van der Waals surface area contributed by atoms with Crippen molar-refractivity contribution in [3.8, 4) is 6.07 Å². The number of likely N-dealkylation sites (tertiary alicyclic amines) is 1. The third-order valence-electron chi connectivity index (χ3n) is 5.45. The van der Waals surface area contributed by atoms with Crippen molar-refractivity contribution >= 4 is 11.4 Å². The number of aryl methyl sites for hydroxylation is 1. The third kappa shape index (κ3) is 3.75. The summed E-state index contributed by atoms with van der Waals surface area (Å²) in [6.45, 7) is 7.85. The predicted molar refractivity (Wildman–Crippen MR) is 96.9 cm³/mol. The molecule has 7 heteroatoms. The average Bonchev–Trinajstić information content (AvgIpc) is 2.62. The van der Waals surface area contributed by atoms with E-state index in [9.17, 15) is 15.4 Å². The van der Waals surface area contributed by atoms with Crippen molar-refractivity contribution in [1.82, 2.24) is 9.80 Å². The molecule has 0 bridgehead atoms. The van der Waals surface area contributed by atoms with Gasteiger partial charge in [-0.15, -0.1) is 0 Å². The Morgan fingerprint density at radius 2 is 1.80 bits per heavy atom. The normalized spacial score (nSPS) is 20.4. The van der Waals surface area contributed by atoms with Gasteiger partial charge in [0, 0.05) is 44.4 Å². The van der Waals surface area contributed by atoms with Gasteiger partial charge < -0.3 is 9.80 Å². The molecule has 2 aliphatic rings. The second-order valence-electron chi connectivity index (χ2n) is 7.09. The first kappa shape index (κ1) is 17.6. The Kier molecular flexibility index (Phi) is 5.21. The summed E-state index contributed by atoms with van der Waals surface area (Å²) in [6.07, 6.45) is 2.44. The Labute approximate surface area is 148 Å². The van der Waals surface area contributed by atoms with Crippen LogP contribution in [0.25, 0.3) is 0 Å². The van der Waals surface area contributed by atoms with Gasteiger partial charge in [0.1, 0.15) is 6.07 Å². The summed E-state index contributed by atoms with van der Waals surface area (Å²) in [7, 11) is 2.18. The molecule has 0 N–H and O–H groups in total. The fourth-order valence-electron chi connectivity index (χ4n) is 4.04. The second-order valence-corrected chi connectivity index (χ2v) is 7.09. The van der Waals surface area contributed by atoms with Gasteiger partial charge in [-0.2, -0.15) is 5.26 Å². The van der Waals surface area contributed by atoms with Crippen molar-refractivity contribution in [3.05, 3.63) is 33.4 Å². The Hall–Kier alpha value is -2.17. The Balaban J connectivity index is 1.71. The first-order valence-corrected chi connectivity index (χ1v) is 8.86. The summed E-state index contributed by atoms with van der Waals surface area (Å²) in [5.74, 6) is 0. The van der Waals surface area contributed by atoms with Gasteiger partial charge in [-0.25, -0.2) is 0 Å². The van der Waals surface area contributed by atoms with Crippen molar-refractivity contribution < 1.29 is 4.92 Å². The Bertz CT molecular complexity index is 683. The minimum atomic E-state index is -0.435. The number of rotatable bonds is 3. The fraction of sp³-hybridized carbons (Fsp3) is 0.611. The lowest BCUT2D eigenvalue weighted by Gasteiger charge is -2.43. The molecule has 0 atom stereocenters. The van der Waals surface area contributed by atoms with E-state index >= 15 is 0 Å². The van der Waals surface area contributed by atoms with Gasteiger partial charge in [0.25, 0.3) is 5.69 Å². The summed E-state index contributed by atoms with van der Waals surface area (Å²) in [4.78, 5) is 17.7. The molecule has 0 saturated carbocycles. The molecule has 0 aromatic heterocycles. The van der Waals surface area contributed by atoms with Crippen LogP contribution in [0.5, 0.6) is 0 Å². The van der Waals surface area contributed by atoms with Crippen LogP contribution in [-0.4, -0.2) is 67.1 Å². The molecule has 2 fully saturated rings. The zero-order chi connectivity index (χ0) is 18.0. The molecule has 134 valence electrons. The van der Waals surface area contributed by atoms with Crippen LogP contribution in [0.2, 0.25) is 0 Å². The van der Waals surface area contributed by atoms with Gasteiger partial charge in [-0.1, -0.05) is 0 Å². The first-order chi connectivity index (χ1) is 12.0. The topological polar surface area (TPSA) is 76.6 Å². The van der Waals surface area contributed by atoms with E-state index in [1.165, 1.54) is 18.9 Å². The van der Waals surface area contributed by atoms with Crippen LogP contribution in [0.15, 0.2) is 12.1 Å². The van der Waals surface area contributed by atoms with Crippen LogP contribution in [0.3, 0.4) is 0 Å². The van der Waals surface area contributed by atoms with Crippen molar-refractivity contribution in [2.24, 2.45) is 0 Å². The van der Waals surface area contributed by atoms with Gasteiger partial charge >= 0.3 is 0 Å². The van der Waals surface area contributed by atoms with E-state index in [-0.39, 0.29) is 5.69 Å². The van der Waals surface area contributed by atoms with Crippen molar-refractivity contribution in [2.45, 2.75) is 25.8 Å². The number of nitro groups is 1. The monoisotopic (exact) mass is 343 g/mol. The molecule has 25 heavy (non-hydrogen) atoms. The number of piperidine rings is 1. The number of benzene rings is 1. The molecule has 1 aromatic rings. The molecule has 0 radical (unpaired) electrons. The van der Waals surface area contributed by atoms with Gasteiger partial charge in [-0.3, -0.25) is 15.0 Å². The highest BCUT2D eigenvalue weighted by Gasteiger charge is 2.28. The molecule has 2 heterocycles. The Morgan fingerprint density at radius 3 is 2.36 bits per heavy atom. The van der Waals surface area contributed by atoms with Gasteiger partial charge in [0.2, 0.25) is 0 Å². The van der Waals surface area contributed by atoms with Crippen molar-refractivity contribution in [1.29, 1.82) is 5.26 Å². The highest BCUT2D eigenvalue weighted by Crippen LogP contribution is 2.31. The molecule has 3 rings (SSSR count). The van der Waals surface area contributed by atoms with E-state index in [0.717, 1.165) is 50.5 Å². The van der Waals surface area contributed by atoms with Crippen LogP contribution < -0.4 is 4.90 Å². The summed E-state index contributed by atoms with van der Waals surface area (Å²) in [6, 6.07) is 5.77. The van der Waals surface area contributed by atoms with E-state index < -0.39 is 4.92 Å². The SMILES string of the molecule is Cc1cc([N+](=O)[O-])cc(C#N)c1N1CCN(C2CCN(C)CC2)CC1. The smallest absolute Gasteiger partial charge is 0.271 e. The minimum Gasteiger partial charge on any atom is -0.368 e. The van der Waals surface area contributed by atoms with Crippen molar-refractivity contribution in [3.63, 3.8) is 0 Å². The molecule has 0 unspecified atom stereocenters. The molecule has 0 aliphatic carbocycles. The summed E-state index contributed by atoms with van der Waals surface area (Å²) in [5.41, 5.74) is 2.05. The maximum atomic E-state index is 11.0. The largest absolute Gasteiger partial charge is 0.368 e. The predicted octanol–water partition coefficient (Wildman–Crippen LogP) is 1.99. The zero-order valence-corrected chi connectivity index (χ0v) is 14.9. The summed E-state index contributed by atoms with van der Waals surface area (Å²) < 4.78 is 0. The molecular weight excluding hydrogens is 318 g/mol. The molecule has 1 aromatic carbocycles. The lowest BCUT2D eigenvalue weighted by molar-refractivity contribution is -0.384. The molecule has 2 aliphatic heterocycles. The average molecular weight is 343 g/mol. The molecule has 0 amide bonds. The van der Waals surface area contributed by atoms with E-state index in [4.69, 9.17) is 0 Å². The number of hydrogen-bond acceptors (Lipinski definition) is 6. The van der Waals surface area contributed by atoms with Gasteiger partial charge in [0.15, 0.2) is 0 Å². The van der Waals surface area contributed by atoms with Crippen LogP contribution in [0, 0.1) is 28.4 Å². The molecule has 0 spiro atoms. The molecule has 2 saturated heterocycles. The quantitative estimate of drug-likeness (QED) is 0.617. The number of nitrogens with zero attached hydrogens (tertiary/aromatic N) is 5. The lowest BCUT2D eigenvalue weighted by Crippen LogP contribution is -2.53. The van der Waals surface area contributed by atoms with Gasteiger partial charge in [-0.05, 0) is 45.5 Å². The van der Waals surface area contributed by atoms with Crippen LogP contribution >= 0.6 is 0 Å². The van der Waals surface area contributed by atoms with E-state index in [1.807, 2.05) is 6.92 Å². The van der Waals surface area contributed by atoms with E-state index in [2.05, 4.69) is 27.8 Å². The van der Waals surface area contributed by atoms with Gasteiger partial charge in [0.05, 0.1) is 16.2 Å². The number of hydrogen-bond donors (Lipinski definition) is 0. The number of nitriles is 1. The maximum Gasteiger partial charge on any atom is 0.271 e. The first-order valence-electron chi connectivity index (χ1n) is 8.86. The lowest BCUT2D eigenvalue weighted by atomic mass is 10.0. The van der Waals surface area contributed by atoms with E-state index in [0.29, 0.717) is 11.6 Å². The number of anilines is 1. The highest BCUT2D eigenvalue weighted by molar-refractivity contribution is 5.67. The summed E-state index contributed by atoms with van der Waals surface area (Å²) >= 11 is 0.